The zero-order valence-electron chi connectivity index (χ0n) is 17.3. The van der Waals surface area contributed by atoms with E-state index in [0.717, 1.165) is 36.5 Å². The number of carbonyl (C=O) groups is 2. The molecule has 0 spiro atoms. The Morgan fingerprint density at radius 1 is 1.19 bits per heavy atom. The first-order chi connectivity index (χ1) is 15.4. The van der Waals surface area contributed by atoms with Gasteiger partial charge in [-0.3, -0.25) is 23.7 Å². The minimum Gasteiger partial charge on any atom is -0.492 e. The average Bonchev–Trinajstić information content (AvgIpc) is 3.35. The Morgan fingerprint density at radius 3 is 2.81 bits per heavy atom. The van der Waals surface area contributed by atoms with Gasteiger partial charge in [-0.1, -0.05) is 29.5 Å². The van der Waals surface area contributed by atoms with Gasteiger partial charge in [-0.2, -0.15) is 4.98 Å². The molecule has 9 nitrogen and oxygen atoms in total. The van der Waals surface area contributed by atoms with Gasteiger partial charge in [0.25, 0.3) is 11.5 Å². The van der Waals surface area contributed by atoms with Crippen LogP contribution in [0.5, 0.6) is 5.88 Å². The second-order valence-corrected chi connectivity index (χ2v) is 9.26. The summed E-state index contributed by atoms with van der Waals surface area (Å²) in [5, 5.41) is 21.0. The molecule has 1 aliphatic heterocycles. The predicted molar refractivity (Wildman–Crippen MR) is 117 cm³/mol. The van der Waals surface area contributed by atoms with Gasteiger partial charge in [0.1, 0.15) is 6.54 Å². The Kier molecular flexibility index (Phi) is 5.18. The highest BCUT2D eigenvalue weighted by Crippen LogP contribution is 2.30. The van der Waals surface area contributed by atoms with Gasteiger partial charge in [-0.25, -0.2) is 0 Å². The second kappa shape index (κ2) is 8.03. The number of rotatable bonds is 5. The number of hydrogen-bond acceptors (Lipinski definition) is 7. The third-order valence-electron chi connectivity index (χ3n) is 6.07. The lowest BCUT2D eigenvalue weighted by Crippen LogP contribution is -2.36. The fourth-order valence-electron chi connectivity index (χ4n) is 4.57. The molecule has 5 rings (SSSR count). The molecule has 0 saturated heterocycles. The van der Waals surface area contributed by atoms with Gasteiger partial charge < -0.3 is 15.5 Å². The van der Waals surface area contributed by atoms with Crippen LogP contribution in [0.25, 0.3) is 4.96 Å². The van der Waals surface area contributed by atoms with E-state index in [9.17, 15) is 19.5 Å². The van der Waals surface area contributed by atoms with E-state index in [1.165, 1.54) is 38.8 Å². The van der Waals surface area contributed by atoms with Crippen LogP contribution < -0.4 is 10.9 Å². The topological polar surface area (TPSA) is 124 Å². The minimum absolute atomic E-state index is 0.326. The van der Waals surface area contributed by atoms with Crippen LogP contribution in [0.1, 0.15) is 44.0 Å². The molecule has 0 radical (unpaired) electrons. The summed E-state index contributed by atoms with van der Waals surface area (Å²) in [5.41, 5.74) is 3.75. The number of carboxylic acid groups (broad SMARTS) is 1. The van der Waals surface area contributed by atoms with Crippen LogP contribution in [0.15, 0.2) is 23.0 Å². The van der Waals surface area contributed by atoms with Crippen LogP contribution in [0.4, 0.5) is 0 Å². The number of hydrogen-bond donors (Lipinski definition) is 3. The number of carbonyl (C=O) groups excluding carboxylic acids is 1. The van der Waals surface area contributed by atoms with E-state index in [0.29, 0.717) is 17.9 Å². The molecule has 0 atom stereocenters. The molecule has 1 aromatic carbocycles. The largest absolute Gasteiger partial charge is 0.492 e. The quantitative estimate of drug-likeness (QED) is 0.531. The molecule has 0 saturated carbocycles. The average molecular weight is 455 g/mol. The maximum absolute atomic E-state index is 13.0. The van der Waals surface area contributed by atoms with Crippen LogP contribution in [0, 0.1) is 0 Å². The zero-order valence-corrected chi connectivity index (χ0v) is 18.1. The molecule has 2 aliphatic rings. The zero-order chi connectivity index (χ0) is 22.4. The number of nitrogens with zero attached hydrogens (tertiary/aromatic N) is 3. The van der Waals surface area contributed by atoms with Gasteiger partial charge in [0, 0.05) is 36.6 Å². The molecular weight excluding hydrogens is 432 g/mol. The molecule has 1 aliphatic carbocycles. The van der Waals surface area contributed by atoms with Crippen molar-refractivity contribution in [3.63, 3.8) is 0 Å². The van der Waals surface area contributed by atoms with E-state index in [4.69, 9.17) is 5.11 Å². The van der Waals surface area contributed by atoms with Crippen molar-refractivity contribution in [1.29, 1.82) is 0 Å². The summed E-state index contributed by atoms with van der Waals surface area (Å²) in [6.45, 7) is 1.57. The van der Waals surface area contributed by atoms with Gasteiger partial charge in [0.15, 0.2) is 10.5 Å². The van der Waals surface area contributed by atoms with Crippen LogP contribution in [0.3, 0.4) is 0 Å². The molecule has 10 heteroatoms. The normalized spacial score (nSPS) is 15.5. The van der Waals surface area contributed by atoms with Crippen LogP contribution in [0.2, 0.25) is 0 Å². The minimum atomic E-state index is -1.25. The number of aryl methyl sites for hydroxylation is 2. The predicted octanol–water partition coefficient (Wildman–Crippen LogP) is 1.32. The number of amides is 1. The first-order valence-corrected chi connectivity index (χ1v) is 11.3. The van der Waals surface area contributed by atoms with Crippen molar-refractivity contribution in [3.8, 4) is 5.88 Å². The Labute approximate surface area is 186 Å². The van der Waals surface area contributed by atoms with E-state index in [2.05, 4.69) is 33.4 Å². The van der Waals surface area contributed by atoms with Crippen molar-refractivity contribution < 1.29 is 19.8 Å². The van der Waals surface area contributed by atoms with Crippen molar-refractivity contribution in [1.82, 2.24) is 19.6 Å². The molecule has 0 fully saturated rings. The number of nitrogens with one attached hydrogen (secondary N) is 1. The molecule has 3 aromatic rings. The van der Waals surface area contributed by atoms with Crippen molar-refractivity contribution in [2.24, 2.45) is 0 Å². The van der Waals surface area contributed by atoms with Crippen molar-refractivity contribution in [2.75, 3.05) is 13.1 Å². The summed E-state index contributed by atoms with van der Waals surface area (Å²) < 4.78 is 1.38. The highest BCUT2D eigenvalue weighted by Gasteiger charge is 2.27. The summed E-state index contributed by atoms with van der Waals surface area (Å²) in [4.78, 5) is 43.6. The monoisotopic (exact) mass is 454 g/mol. The SMILES string of the molecule is O=C(O)CNC(=O)c1c(O)nc2sc3c(n2c1=O)CCN(Cc1ccc2c(c1)CCC2)C3. The van der Waals surface area contributed by atoms with Gasteiger partial charge in [-0.15, -0.1) is 0 Å². The van der Waals surface area contributed by atoms with Gasteiger partial charge >= 0.3 is 5.97 Å². The van der Waals surface area contributed by atoms with Crippen LogP contribution >= 0.6 is 11.3 Å². The molecule has 0 unspecified atom stereocenters. The summed E-state index contributed by atoms with van der Waals surface area (Å²) in [6, 6.07) is 6.72. The van der Waals surface area contributed by atoms with Gasteiger partial charge in [0.2, 0.25) is 5.88 Å². The summed E-state index contributed by atoms with van der Waals surface area (Å²) in [7, 11) is 0. The second-order valence-electron chi connectivity index (χ2n) is 8.20. The van der Waals surface area contributed by atoms with E-state index < -0.39 is 35.4 Å². The van der Waals surface area contributed by atoms with E-state index in [-0.39, 0.29) is 0 Å². The number of thiazole rings is 1. The summed E-state index contributed by atoms with van der Waals surface area (Å²) in [5.74, 6) is -2.89. The number of aromatic hydroxyl groups is 1. The number of fused-ring (bicyclic) bond motifs is 4. The van der Waals surface area contributed by atoms with E-state index >= 15 is 0 Å². The summed E-state index contributed by atoms with van der Waals surface area (Å²) >= 11 is 1.33. The molecule has 0 bridgehead atoms. The van der Waals surface area contributed by atoms with Crippen molar-refractivity contribution in [2.45, 2.75) is 38.8 Å². The molecule has 3 N–H and O–H groups in total. The van der Waals surface area contributed by atoms with Gasteiger partial charge in [-0.05, 0) is 36.0 Å². The molecule has 3 heterocycles. The molecule has 2 aromatic heterocycles. The summed E-state index contributed by atoms with van der Waals surface area (Å²) in [6.07, 6.45) is 4.14. The molecular formula is C22H22N4O5S. The number of benzene rings is 1. The maximum atomic E-state index is 13.0. The fraction of sp³-hybridized carbons (Fsp3) is 0.364. The van der Waals surface area contributed by atoms with Gasteiger partial charge in [0.05, 0.1) is 0 Å². The first-order valence-electron chi connectivity index (χ1n) is 10.5. The number of aromatic nitrogens is 2. The molecule has 166 valence electrons. The smallest absolute Gasteiger partial charge is 0.322 e. The Hall–Kier alpha value is -3.24. The lowest BCUT2D eigenvalue weighted by molar-refractivity contribution is -0.135. The lowest BCUT2D eigenvalue weighted by Gasteiger charge is -2.26. The third-order valence-corrected chi connectivity index (χ3v) is 7.14. The molecule has 32 heavy (non-hydrogen) atoms. The highest BCUT2D eigenvalue weighted by molar-refractivity contribution is 7.17. The van der Waals surface area contributed by atoms with Crippen LogP contribution in [-0.2, 0) is 37.1 Å². The standard InChI is InChI=1S/C22H22N4O5S/c27-17(28)9-23-19(29)18-20(30)24-22-26(21(18)31)15-6-7-25(11-16(15)32-22)10-12-4-5-13-2-1-3-14(13)8-12/h4-5,8,30H,1-3,6-7,9-11H2,(H,23,29)(H,27,28). The fourth-order valence-corrected chi connectivity index (χ4v) is 5.77. The maximum Gasteiger partial charge on any atom is 0.322 e. The number of carboxylic acids is 1. The first kappa shape index (κ1) is 20.7. The molecule has 1 amide bonds. The highest BCUT2D eigenvalue weighted by atomic mass is 32.1. The Balaban J connectivity index is 1.41. The Bertz CT molecular complexity index is 1310. The van der Waals surface area contributed by atoms with E-state index in [1.54, 1.807) is 0 Å². The number of aliphatic carboxylic acids is 1. The van der Waals surface area contributed by atoms with Crippen LogP contribution in [-0.4, -0.2) is 49.5 Å². The lowest BCUT2D eigenvalue weighted by atomic mass is 10.1. The van der Waals surface area contributed by atoms with Crippen molar-refractivity contribution >= 4 is 28.2 Å². The van der Waals surface area contributed by atoms with E-state index in [1.807, 2.05) is 0 Å². The third kappa shape index (κ3) is 3.65. The Morgan fingerprint density at radius 2 is 2.00 bits per heavy atom. The van der Waals surface area contributed by atoms with Crippen molar-refractivity contribution in [3.05, 3.63) is 61.4 Å².